The molecule has 2 N–H and O–H groups in total. The smallest absolute Gasteiger partial charge is 0.187 e. The van der Waals surface area contributed by atoms with E-state index in [4.69, 9.17) is 9.72 Å². The minimum Gasteiger partial charge on any atom is -0.496 e. The molecule has 0 aliphatic carbocycles. The van der Waals surface area contributed by atoms with E-state index in [0.29, 0.717) is 0 Å². The van der Waals surface area contributed by atoms with Gasteiger partial charge in [0, 0.05) is 38.6 Å². The Morgan fingerprint density at radius 1 is 1.15 bits per heavy atom. The Balaban J connectivity index is 1.54. The number of hydrogen-bond acceptors (Lipinski definition) is 5. The third-order valence-electron chi connectivity index (χ3n) is 4.05. The average Bonchev–Trinajstić information content (AvgIpc) is 3.31. The fraction of sp³-hybridized carbons (Fsp3) is 0.100. The number of methoxy groups -OCH3 is 1. The first-order valence-corrected chi connectivity index (χ1v) is 9.98. The van der Waals surface area contributed by atoms with E-state index >= 15 is 0 Å². The molecule has 0 unspecified atom stereocenters. The summed E-state index contributed by atoms with van der Waals surface area (Å²) in [5, 5.41) is 6.20. The minimum atomic E-state index is 0.799. The lowest BCUT2D eigenvalue weighted by atomic mass is 10.1. The van der Waals surface area contributed by atoms with Gasteiger partial charge in [0.05, 0.1) is 12.8 Å². The van der Waals surface area contributed by atoms with Crippen molar-refractivity contribution in [2.75, 3.05) is 12.4 Å². The maximum atomic E-state index is 5.45. The highest BCUT2D eigenvalue weighted by Crippen LogP contribution is 2.35. The molecule has 5 nitrogen and oxygen atoms in total. The highest BCUT2D eigenvalue weighted by molar-refractivity contribution is 9.10. The number of imidazole rings is 1. The first-order chi connectivity index (χ1) is 13.1. The van der Waals surface area contributed by atoms with Gasteiger partial charge in [-0.05, 0) is 49.4 Å². The molecule has 0 fully saturated rings. The molecule has 4 aromatic rings. The Labute approximate surface area is 169 Å². The van der Waals surface area contributed by atoms with Gasteiger partial charge in [-0.15, -0.1) is 11.3 Å². The topological polar surface area (TPSA) is 62.8 Å². The third-order valence-corrected chi connectivity index (χ3v) is 5.31. The van der Waals surface area contributed by atoms with Gasteiger partial charge in [0.15, 0.2) is 5.13 Å². The molecule has 0 saturated carbocycles. The number of rotatable bonds is 5. The van der Waals surface area contributed by atoms with Crippen molar-refractivity contribution in [2.24, 2.45) is 0 Å². The summed E-state index contributed by atoms with van der Waals surface area (Å²) in [5.74, 6) is 1.67. The number of hydrogen-bond donors (Lipinski definition) is 2. The van der Waals surface area contributed by atoms with Crippen molar-refractivity contribution >= 4 is 38.1 Å². The molecule has 0 bridgehead atoms. The van der Waals surface area contributed by atoms with Crippen LogP contribution in [-0.4, -0.2) is 22.1 Å². The molecule has 4 rings (SSSR count). The predicted molar refractivity (Wildman–Crippen MR) is 114 cm³/mol. The second-order valence-corrected chi connectivity index (χ2v) is 7.77. The van der Waals surface area contributed by atoms with E-state index in [1.807, 2.05) is 61.0 Å². The summed E-state index contributed by atoms with van der Waals surface area (Å²) in [6, 6.07) is 14.0. The van der Waals surface area contributed by atoms with Gasteiger partial charge in [-0.25, -0.2) is 9.97 Å². The summed E-state index contributed by atoms with van der Waals surface area (Å²) in [7, 11) is 1.67. The van der Waals surface area contributed by atoms with Crippen LogP contribution in [0.5, 0.6) is 5.75 Å². The van der Waals surface area contributed by atoms with Gasteiger partial charge >= 0.3 is 0 Å². The van der Waals surface area contributed by atoms with E-state index in [9.17, 15) is 0 Å². The van der Waals surface area contributed by atoms with Crippen molar-refractivity contribution in [2.45, 2.75) is 6.92 Å². The number of benzene rings is 2. The first kappa shape index (κ1) is 17.8. The summed E-state index contributed by atoms with van der Waals surface area (Å²) in [6.07, 6.45) is 1.83. The van der Waals surface area contributed by atoms with Crippen molar-refractivity contribution in [1.82, 2.24) is 15.0 Å². The Morgan fingerprint density at radius 3 is 2.67 bits per heavy atom. The van der Waals surface area contributed by atoms with E-state index in [2.05, 4.69) is 31.2 Å². The van der Waals surface area contributed by atoms with Crippen LogP contribution in [0.25, 0.3) is 22.6 Å². The number of anilines is 2. The lowest BCUT2D eigenvalue weighted by molar-refractivity contribution is 0.416. The highest BCUT2D eigenvalue weighted by atomic mass is 79.9. The van der Waals surface area contributed by atoms with Crippen molar-refractivity contribution < 1.29 is 4.74 Å². The van der Waals surface area contributed by atoms with Gasteiger partial charge in [-0.2, -0.15) is 0 Å². The molecular weight excluding hydrogens is 424 g/mol. The first-order valence-electron chi connectivity index (χ1n) is 8.31. The van der Waals surface area contributed by atoms with E-state index in [1.54, 1.807) is 18.4 Å². The molecule has 0 radical (unpaired) electrons. The molecule has 2 heterocycles. The Morgan fingerprint density at radius 2 is 1.96 bits per heavy atom. The molecule has 7 heteroatoms. The number of H-pyrrole nitrogens is 1. The zero-order valence-corrected chi connectivity index (χ0v) is 17.2. The maximum absolute atomic E-state index is 5.45. The van der Waals surface area contributed by atoms with Crippen LogP contribution in [0.3, 0.4) is 0 Å². The van der Waals surface area contributed by atoms with Crippen molar-refractivity contribution in [3.05, 3.63) is 64.2 Å². The van der Waals surface area contributed by atoms with Crippen LogP contribution in [0, 0.1) is 6.92 Å². The molecular formula is C20H17BrN4OS. The van der Waals surface area contributed by atoms with Crippen LogP contribution in [0.2, 0.25) is 0 Å². The normalized spacial score (nSPS) is 10.8. The van der Waals surface area contributed by atoms with Crippen LogP contribution < -0.4 is 10.1 Å². The fourth-order valence-electron chi connectivity index (χ4n) is 2.73. The number of nitrogens with zero attached hydrogens (tertiary/aromatic N) is 2. The number of aromatic nitrogens is 3. The number of aryl methyl sites for hydroxylation is 1. The quantitative estimate of drug-likeness (QED) is 0.397. The fourth-order valence-corrected chi connectivity index (χ4v) is 3.82. The van der Waals surface area contributed by atoms with E-state index in [0.717, 1.165) is 49.4 Å². The largest absolute Gasteiger partial charge is 0.496 e. The monoisotopic (exact) mass is 440 g/mol. The summed E-state index contributed by atoms with van der Waals surface area (Å²) in [6.45, 7) is 1.99. The molecule has 2 aromatic carbocycles. The van der Waals surface area contributed by atoms with Gasteiger partial charge in [0.2, 0.25) is 0 Å². The standard InChI is InChI=1S/C20H17BrN4OS/c1-12-10-22-19(23-12)13-3-6-15(7-4-13)24-20-25-17(11-27-20)16-9-14(21)5-8-18(16)26-2/h3-11H,1-2H3,(H,22,23)(H,24,25). The van der Waals surface area contributed by atoms with Gasteiger partial charge in [0.1, 0.15) is 11.6 Å². The van der Waals surface area contributed by atoms with Crippen LogP contribution in [0.1, 0.15) is 5.69 Å². The number of ether oxygens (including phenoxy) is 1. The molecule has 0 atom stereocenters. The van der Waals surface area contributed by atoms with Crippen LogP contribution in [0.4, 0.5) is 10.8 Å². The average molecular weight is 441 g/mol. The lowest BCUT2D eigenvalue weighted by Gasteiger charge is -2.07. The number of thiazole rings is 1. The second-order valence-electron chi connectivity index (χ2n) is 6.00. The van der Waals surface area contributed by atoms with Gasteiger partial charge < -0.3 is 15.0 Å². The number of halogens is 1. The summed E-state index contributed by atoms with van der Waals surface area (Å²) in [5.41, 5.74) is 4.91. The van der Waals surface area contributed by atoms with E-state index in [1.165, 1.54) is 0 Å². The summed E-state index contributed by atoms with van der Waals surface area (Å²) in [4.78, 5) is 12.3. The van der Waals surface area contributed by atoms with Crippen LogP contribution >= 0.6 is 27.3 Å². The number of aromatic amines is 1. The van der Waals surface area contributed by atoms with Gasteiger partial charge in [-0.3, -0.25) is 0 Å². The number of nitrogens with one attached hydrogen (secondary N) is 2. The molecule has 0 amide bonds. The summed E-state index contributed by atoms with van der Waals surface area (Å²) < 4.78 is 6.44. The molecule has 0 aliphatic rings. The van der Waals surface area contributed by atoms with Crippen molar-refractivity contribution in [1.29, 1.82) is 0 Å². The SMILES string of the molecule is COc1ccc(Br)cc1-c1csc(Nc2ccc(-c3ncc(C)[nH]3)cc2)n1. The van der Waals surface area contributed by atoms with Crippen LogP contribution in [0.15, 0.2) is 58.5 Å². The zero-order chi connectivity index (χ0) is 18.8. The van der Waals surface area contributed by atoms with E-state index in [-0.39, 0.29) is 0 Å². The Bertz CT molecular complexity index is 1070. The second kappa shape index (κ2) is 7.54. The zero-order valence-electron chi connectivity index (χ0n) is 14.8. The summed E-state index contributed by atoms with van der Waals surface area (Å²) >= 11 is 5.06. The Kier molecular flexibility index (Phi) is 4.96. The molecule has 0 aliphatic heterocycles. The minimum absolute atomic E-state index is 0.799. The van der Waals surface area contributed by atoms with Crippen molar-refractivity contribution in [3.63, 3.8) is 0 Å². The maximum Gasteiger partial charge on any atom is 0.187 e. The lowest BCUT2D eigenvalue weighted by Crippen LogP contribution is -1.91. The predicted octanol–water partition coefficient (Wildman–Crippen LogP) is 6.02. The Hall–Kier alpha value is -2.64. The molecule has 0 saturated heterocycles. The van der Waals surface area contributed by atoms with E-state index < -0.39 is 0 Å². The van der Waals surface area contributed by atoms with Gasteiger partial charge in [-0.1, -0.05) is 15.9 Å². The molecule has 27 heavy (non-hydrogen) atoms. The van der Waals surface area contributed by atoms with Crippen LogP contribution in [-0.2, 0) is 0 Å². The third kappa shape index (κ3) is 3.89. The van der Waals surface area contributed by atoms with Gasteiger partial charge in [0.25, 0.3) is 0 Å². The molecule has 2 aromatic heterocycles. The molecule has 136 valence electrons. The molecule has 0 spiro atoms. The van der Waals surface area contributed by atoms with Crippen molar-refractivity contribution in [3.8, 4) is 28.4 Å². The highest BCUT2D eigenvalue weighted by Gasteiger charge is 2.11.